The average molecular weight is 471 g/mol. The van der Waals surface area contributed by atoms with Gasteiger partial charge in [-0.05, 0) is 49.1 Å². The standard InChI is InChI=1S/C24H23ClN2O4S/c1-3-29-23(28)21-16(2)26-24-27(12-15-32-24)22(21)17-8-10-18(11-9-17)30-13-14-31-20-7-5-4-6-19(20)25/h4-12,15,22H,3,13-14H2,1-2H3/t22-/m0/s1. The Bertz CT molecular complexity index is 1080. The number of rotatable bonds is 8. The molecule has 4 rings (SSSR count). The number of thioether (sulfide) groups is 1. The van der Waals surface area contributed by atoms with Crippen LogP contribution in [0.1, 0.15) is 25.5 Å². The van der Waals surface area contributed by atoms with Gasteiger partial charge >= 0.3 is 5.97 Å². The number of carbonyl (C=O) groups is 1. The second-order valence-corrected chi connectivity index (χ2v) is 8.30. The number of aliphatic imine (C=N–C) groups is 1. The zero-order valence-electron chi connectivity index (χ0n) is 17.8. The highest BCUT2D eigenvalue weighted by atomic mass is 35.5. The molecule has 2 aromatic rings. The number of fused-ring (bicyclic) bond motifs is 1. The van der Waals surface area contributed by atoms with Crippen LogP contribution in [0.5, 0.6) is 11.5 Å². The van der Waals surface area contributed by atoms with E-state index in [1.54, 1.807) is 13.0 Å². The smallest absolute Gasteiger partial charge is 0.338 e. The maximum absolute atomic E-state index is 12.7. The molecule has 6 nitrogen and oxygen atoms in total. The molecule has 2 aromatic carbocycles. The molecule has 0 spiro atoms. The van der Waals surface area contributed by atoms with E-state index in [1.807, 2.05) is 65.9 Å². The predicted octanol–water partition coefficient (Wildman–Crippen LogP) is 5.57. The zero-order chi connectivity index (χ0) is 22.5. The van der Waals surface area contributed by atoms with Gasteiger partial charge in [0.05, 0.1) is 28.9 Å². The maximum atomic E-state index is 12.7. The minimum atomic E-state index is -0.347. The Kier molecular flexibility index (Phi) is 7.07. The van der Waals surface area contributed by atoms with Crippen molar-refractivity contribution in [1.82, 2.24) is 4.90 Å². The predicted molar refractivity (Wildman–Crippen MR) is 127 cm³/mol. The third-order valence-electron chi connectivity index (χ3n) is 4.96. The molecule has 0 bridgehead atoms. The zero-order valence-corrected chi connectivity index (χ0v) is 19.4. The number of carbonyl (C=O) groups excluding carboxylic acids is 1. The van der Waals surface area contributed by atoms with E-state index in [0.29, 0.717) is 47.6 Å². The minimum absolute atomic E-state index is 0.301. The number of para-hydroxylation sites is 1. The van der Waals surface area contributed by atoms with Crippen LogP contribution >= 0.6 is 23.4 Å². The first-order chi connectivity index (χ1) is 15.6. The lowest BCUT2D eigenvalue weighted by Crippen LogP contribution is -2.34. The molecule has 0 fully saturated rings. The Labute approximate surface area is 196 Å². The van der Waals surface area contributed by atoms with Crippen molar-refractivity contribution >= 4 is 34.5 Å². The van der Waals surface area contributed by atoms with Gasteiger partial charge in [0.25, 0.3) is 0 Å². The molecule has 0 aliphatic carbocycles. The minimum Gasteiger partial charge on any atom is -0.490 e. The van der Waals surface area contributed by atoms with Crippen molar-refractivity contribution in [2.24, 2.45) is 4.99 Å². The lowest BCUT2D eigenvalue weighted by Gasteiger charge is -2.33. The Morgan fingerprint density at radius 3 is 2.62 bits per heavy atom. The van der Waals surface area contributed by atoms with Crippen LogP contribution in [0.4, 0.5) is 0 Å². The largest absolute Gasteiger partial charge is 0.490 e. The Morgan fingerprint density at radius 1 is 1.12 bits per heavy atom. The topological polar surface area (TPSA) is 60.4 Å². The van der Waals surface area contributed by atoms with Gasteiger partial charge < -0.3 is 19.1 Å². The van der Waals surface area contributed by atoms with E-state index >= 15 is 0 Å². The van der Waals surface area contributed by atoms with Crippen LogP contribution in [0.15, 0.2) is 76.4 Å². The monoisotopic (exact) mass is 470 g/mol. The molecule has 0 saturated heterocycles. The van der Waals surface area contributed by atoms with Crippen molar-refractivity contribution in [3.8, 4) is 11.5 Å². The summed E-state index contributed by atoms with van der Waals surface area (Å²) in [6.45, 7) is 4.71. The lowest BCUT2D eigenvalue weighted by molar-refractivity contribution is -0.139. The number of hydrogen-bond acceptors (Lipinski definition) is 7. The number of benzene rings is 2. The van der Waals surface area contributed by atoms with Crippen LogP contribution in [0.25, 0.3) is 0 Å². The fourth-order valence-corrected chi connectivity index (χ4v) is 4.50. The van der Waals surface area contributed by atoms with Gasteiger partial charge in [-0.2, -0.15) is 0 Å². The molecule has 1 atom stereocenters. The van der Waals surface area contributed by atoms with Crippen LogP contribution in [0, 0.1) is 0 Å². The van der Waals surface area contributed by atoms with Gasteiger partial charge in [0.15, 0.2) is 5.17 Å². The van der Waals surface area contributed by atoms with Crippen molar-refractivity contribution in [1.29, 1.82) is 0 Å². The molecule has 32 heavy (non-hydrogen) atoms. The summed E-state index contributed by atoms with van der Waals surface area (Å²) in [7, 11) is 0. The highest BCUT2D eigenvalue weighted by molar-refractivity contribution is 8.16. The van der Waals surface area contributed by atoms with Crippen molar-refractivity contribution in [2.75, 3.05) is 19.8 Å². The molecular formula is C24H23ClN2O4S. The van der Waals surface area contributed by atoms with E-state index in [9.17, 15) is 4.79 Å². The van der Waals surface area contributed by atoms with E-state index in [0.717, 1.165) is 10.7 Å². The third-order valence-corrected chi connectivity index (χ3v) is 6.04. The highest BCUT2D eigenvalue weighted by Crippen LogP contribution is 2.41. The number of esters is 1. The SMILES string of the molecule is CCOC(=O)C1=C(C)N=C2SC=CN2[C@H]1c1ccc(OCCOc2ccccc2Cl)cc1. The maximum Gasteiger partial charge on any atom is 0.338 e. The van der Waals surface area contributed by atoms with Gasteiger partial charge in [-0.15, -0.1) is 0 Å². The Morgan fingerprint density at radius 2 is 1.88 bits per heavy atom. The molecule has 166 valence electrons. The Balaban J connectivity index is 1.45. The van der Waals surface area contributed by atoms with E-state index < -0.39 is 0 Å². The molecule has 0 unspecified atom stereocenters. The van der Waals surface area contributed by atoms with Crippen molar-refractivity contribution in [3.05, 3.63) is 82.0 Å². The molecule has 0 aromatic heterocycles. The number of ether oxygens (including phenoxy) is 3. The third kappa shape index (κ3) is 4.79. The van der Waals surface area contributed by atoms with Crippen LogP contribution < -0.4 is 9.47 Å². The quantitative estimate of drug-likeness (QED) is 0.371. The van der Waals surface area contributed by atoms with Crippen LogP contribution in [0.3, 0.4) is 0 Å². The van der Waals surface area contributed by atoms with Gasteiger partial charge in [-0.1, -0.05) is 47.6 Å². The van der Waals surface area contributed by atoms with Gasteiger partial charge in [0, 0.05) is 6.20 Å². The molecule has 2 heterocycles. The molecule has 0 radical (unpaired) electrons. The summed E-state index contributed by atoms with van der Waals surface area (Å²) in [5.74, 6) is 0.999. The van der Waals surface area contributed by atoms with Crippen molar-refractivity contribution in [2.45, 2.75) is 19.9 Å². The normalized spacial score (nSPS) is 17.2. The number of nitrogens with zero attached hydrogens (tertiary/aromatic N) is 2. The highest BCUT2D eigenvalue weighted by Gasteiger charge is 2.37. The molecule has 2 aliphatic heterocycles. The van der Waals surface area contributed by atoms with Crippen LogP contribution in [-0.4, -0.2) is 35.9 Å². The molecule has 0 saturated carbocycles. The summed E-state index contributed by atoms with van der Waals surface area (Å²) >= 11 is 7.63. The number of amidine groups is 1. The second kappa shape index (κ2) is 10.1. The molecule has 0 N–H and O–H groups in total. The molecule has 8 heteroatoms. The fraction of sp³-hybridized carbons (Fsp3) is 0.250. The van der Waals surface area contributed by atoms with E-state index in [2.05, 4.69) is 4.99 Å². The Hall–Kier alpha value is -2.90. The van der Waals surface area contributed by atoms with E-state index in [1.165, 1.54) is 11.8 Å². The van der Waals surface area contributed by atoms with E-state index in [-0.39, 0.29) is 12.0 Å². The number of hydrogen-bond donors (Lipinski definition) is 0. The van der Waals surface area contributed by atoms with Gasteiger partial charge in [-0.3, -0.25) is 0 Å². The fourth-order valence-electron chi connectivity index (χ4n) is 3.52. The average Bonchev–Trinajstić information content (AvgIpc) is 3.25. The second-order valence-electron chi connectivity index (χ2n) is 7.02. The summed E-state index contributed by atoms with van der Waals surface area (Å²) in [5, 5.41) is 3.38. The first-order valence-electron chi connectivity index (χ1n) is 10.3. The van der Waals surface area contributed by atoms with Gasteiger partial charge in [0.1, 0.15) is 24.7 Å². The summed E-state index contributed by atoms with van der Waals surface area (Å²) in [5.41, 5.74) is 2.17. The van der Waals surface area contributed by atoms with Gasteiger partial charge in [-0.25, -0.2) is 9.79 Å². The lowest BCUT2D eigenvalue weighted by atomic mass is 9.95. The molecule has 2 aliphatic rings. The van der Waals surface area contributed by atoms with Crippen molar-refractivity contribution in [3.63, 3.8) is 0 Å². The summed E-state index contributed by atoms with van der Waals surface area (Å²) in [6.07, 6.45) is 1.94. The van der Waals surface area contributed by atoms with Gasteiger partial charge in [0.2, 0.25) is 0 Å². The molecule has 0 amide bonds. The van der Waals surface area contributed by atoms with E-state index in [4.69, 9.17) is 25.8 Å². The van der Waals surface area contributed by atoms with Crippen LogP contribution in [-0.2, 0) is 9.53 Å². The number of halogens is 1. The first kappa shape index (κ1) is 22.3. The summed E-state index contributed by atoms with van der Waals surface area (Å²) < 4.78 is 16.8. The number of allylic oxidation sites excluding steroid dienone is 1. The molecular weight excluding hydrogens is 448 g/mol. The summed E-state index contributed by atoms with van der Waals surface area (Å²) in [6, 6.07) is 14.7. The van der Waals surface area contributed by atoms with Crippen molar-refractivity contribution < 1.29 is 19.0 Å². The summed E-state index contributed by atoms with van der Waals surface area (Å²) in [4.78, 5) is 19.3. The first-order valence-corrected chi connectivity index (χ1v) is 11.5. The van der Waals surface area contributed by atoms with Crippen LogP contribution in [0.2, 0.25) is 5.02 Å².